The Bertz CT molecular complexity index is 825. The van der Waals surface area contributed by atoms with Crippen LogP contribution in [0.5, 0.6) is 0 Å². The SMILES string of the molecule is CC(C)c1noc([C@H]2[C@H](c3ccc(S(N)(=O)=O)cn3)C2(C)C)n1. The van der Waals surface area contributed by atoms with Gasteiger partial charge in [0, 0.05) is 23.7 Å². The first-order chi connectivity index (χ1) is 10.6. The Balaban J connectivity index is 1.88. The molecule has 0 unspecified atom stereocenters. The van der Waals surface area contributed by atoms with Crippen LogP contribution in [0.15, 0.2) is 27.7 Å². The Hall–Kier alpha value is -1.80. The normalized spacial score (nSPS) is 23.2. The predicted molar refractivity (Wildman–Crippen MR) is 83.3 cm³/mol. The third-order valence-corrected chi connectivity index (χ3v) is 5.37. The third kappa shape index (κ3) is 2.76. The molecule has 0 saturated heterocycles. The number of pyridine rings is 1. The molecule has 0 aromatic carbocycles. The van der Waals surface area contributed by atoms with Crippen LogP contribution in [0, 0.1) is 5.41 Å². The molecular formula is C15H20N4O3S. The van der Waals surface area contributed by atoms with Crippen LogP contribution in [-0.2, 0) is 10.0 Å². The van der Waals surface area contributed by atoms with Crippen molar-refractivity contribution in [3.63, 3.8) is 0 Å². The maximum atomic E-state index is 11.3. The maximum Gasteiger partial charge on any atom is 0.239 e. The lowest BCUT2D eigenvalue weighted by atomic mass is 10.1. The van der Waals surface area contributed by atoms with Crippen molar-refractivity contribution in [2.24, 2.45) is 10.6 Å². The highest BCUT2D eigenvalue weighted by molar-refractivity contribution is 7.89. The molecule has 2 aromatic heterocycles. The molecule has 7 nitrogen and oxygen atoms in total. The van der Waals surface area contributed by atoms with Crippen molar-refractivity contribution < 1.29 is 12.9 Å². The molecule has 2 N–H and O–H groups in total. The molecule has 0 amide bonds. The van der Waals surface area contributed by atoms with Gasteiger partial charge >= 0.3 is 0 Å². The van der Waals surface area contributed by atoms with Crippen LogP contribution in [0.1, 0.15) is 62.9 Å². The van der Waals surface area contributed by atoms with E-state index < -0.39 is 10.0 Å². The van der Waals surface area contributed by atoms with Crippen molar-refractivity contribution in [1.82, 2.24) is 15.1 Å². The van der Waals surface area contributed by atoms with E-state index in [9.17, 15) is 8.42 Å². The van der Waals surface area contributed by atoms with Crippen LogP contribution >= 0.6 is 0 Å². The topological polar surface area (TPSA) is 112 Å². The number of aromatic nitrogens is 3. The molecular weight excluding hydrogens is 316 g/mol. The average molecular weight is 336 g/mol. The number of rotatable bonds is 4. The van der Waals surface area contributed by atoms with E-state index in [2.05, 4.69) is 29.0 Å². The summed E-state index contributed by atoms with van der Waals surface area (Å²) < 4.78 is 28.0. The lowest BCUT2D eigenvalue weighted by Gasteiger charge is -2.03. The lowest BCUT2D eigenvalue weighted by molar-refractivity contribution is 0.361. The maximum absolute atomic E-state index is 11.3. The molecule has 124 valence electrons. The molecule has 1 fully saturated rings. The number of nitrogens with zero attached hydrogens (tertiary/aromatic N) is 3. The van der Waals surface area contributed by atoms with Crippen molar-refractivity contribution in [2.75, 3.05) is 0 Å². The summed E-state index contributed by atoms with van der Waals surface area (Å²) in [7, 11) is -3.73. The van der Waals surface area contributed by atoms with Gasteiger partial charge in [-0.3, -0.25) is 4.98 Å². The van der Waals surface area contributed by atoms with Crippen LogP contribution < -0.4 is 5.14 Å². The Labute approximate surface area is 135 Å². The van der Waals surface area contributed by atoms with E-state index in [1.54, 1.807) is 6.07 Å². The Morgan fingerprint density at radius 1 is 1.26 bits per heavy atom. The quantitative estimate of drug-likeness (QED) is 0.915. The average Bonchev–Trinajstić information content (AvgIpc) is 2.84. The molecule has 0 aliphatic heterocycles. The van der Waals surface area contributed by atoms with Gasteiger partial charge in [-0.05, 0) is 17.5 Å². The molecule has 23 heavy (non-hydrogen) atoms. The molecule has 2 heterocycles. The van der Waals surface area contributed by atoms with Crippen LogP contribution in [0.25, 0.3) is 0 Å². The van der Waals surface area contributed by atoms with Crippen molar-refractivity contribution >= 4 is 10.0 Å². The van der Waals surface area contributed by atoms with Gasteiger partial charge in [-0.1, -0.05) is 32.9 Å². The van der Waals surface area contributed by atoms with Crippen LogP contribution in [-0.4, -0.2) is 23.5 Å². The van der Waals surface area contributed by atoms with Crippen LogP contribution in [0.4, 0.5) is 0 Å². The zero-order valence-electron chi connectivity index (χ0n) is 13.5. The van der Waals surface area contributed by atoms with Crippen molar-refractivity contribution in [3.05, 3.63) is 35.7 Å². The molecule has 2 aromatic rings. The van der Waals surface area contributed by atoms with Crippen LogP contribution in [0.3, 0.4) is 0 Å². The second-order valence-electron chi connectivity index (χ2n) is 6.89. The van der Waals surface area contributed by atoms with Gasteiger partial charge in [0.1, 0.15) is 4.90 Å². The second-order valence-corrected chi connectivity index (χ2v) is 8.45. The summed E-state index contributed by atoms with van der Waals surface area (Å²) in [6.07, 6.45) is 1.30. The first-order valence-electron chi connectivity index (χ1n) is 7.44. The zero-order chi connectivity index (χ0) is 17.0. The van der Waals surface area contributed by atoms with Gasteiger partial charge in [-0.25, -0.2) is 13.6 Å². The second kappa shape index (κ2) is 5.10. The summed E-state index contributed by atoms with van der Waals surface area (Å²) in [6.45, 7) is 8.24. The van der Waals surface area contributed by atoms with Gasteiger partial charge in [-0.2, -0.15) is 4.98 Å². The fraction of sp³-hybridized carbons (Fsp3) is 0.533. The van der Waals surface area contributed by atoms with E-state index >= 15 is 0 Å². The van der Waals surface area contributed by atoms with E-state index in [0.717, 1.165) is 5.69 Å². The number of primary sulfonamides is 1. The van der Waals surface area contributed by atoms with Gasteiger partial charge in [-0.15, -0.1) is 0 Å². The number of hydrogen-bond acceptors (Lipinski definition) is 6. The van der Waals surface area contributed by atoms with E-state index in [-0.39, 0.29) is 28.1 Å². The lowest BCUT2D eigenvalue weighted by Crippen LogP contribution is -2.12. The number of nitrogens with two attached hydrogens (primary N) is 1. The summed E-state index contributed by atoms with van der Waals surface area (Å²) in [5.41, 5.74) is 0.730. The highest BCUT2D eigenvalue weighted by Gasteiger charge is 2.62. The highest BCUT2D eigenvalue weighted by atomic mass is 32.2. The Kier molecular flexibility index (Phi) is 3.57. The minimum absolute atomic E-state index is 0.0103. The largest absolute Gasteiger partial charge is 0.339 e. The Morgan fingerprint density at radius 2 is 1.96 bits per heavy atom. The van der Waals surface area contributed by atoms with Crippen molar-refractivity contribution in [1.29, 1.82) is 0 Å². The third-order valence-electron chi connectivity index (χ3n) is 4.47. The highest BCUT2D eigenvalue weighted by Crippen LogP contribution is 2.69. The monoisotopic (exact) mass is 336 g/mol. The van der Waals surface area contributed by atoms with Gasteiger partial charge < -0.3 is 4.52 Å². The van der Waals surface area contributed by atoms with Gasteiger partial charge in [0.2, 0.25) is 15.9 Å². The molecule has 0 bridgehead atoms. The van der Waals surface area contributed by atoms with Crippen molar-refractivity contribution in [2.45, 2.75) is 50.3 Å². The molecule has 8 heteroatoms. The van der Waals surface area contributed by atoms with E-state index in [1.165, 1.54) is 12.3 Å². The van der Waals surface area contributed by atoms with Gasteiger partial charge in [0.15, 0.2) is 5.82 Å². The molecule has 1 saturated carbocycles. The summed E-state index contributed by atoms with van der Waals surface area (Å²) in [4.78, 5) is 8.76. The molecule has 1 aliphatic carbocycles. The van der Waals surface area contributed by atoms with Gasteiger partial charge in [0.05, 0.1) is 5.92 Å². The molecule has 0 spiro atoms. The first kappa shape index (κ1) is 16.1. The molecule has 3 rings (SSSR count). The zero-order valence-corrected chi connectivity index (χ0v) is 14.3. The molecule has 1 aliphatic rings. The minimum atomic E-state index is -3.73. The summed E-state index contributed by atoms with van der Waals surface area (Å²) in [5.74, 6) is 1.70. The standard InChI is InChI=1S/C15H20N4O3S/c1-8(2)13-18-14(22-19-13)12-11(15(12,3)4)10-6-5-9(7-17-10)23(16,20)21/h5-8,11-12H,1-4H3,(H2,16,20,21)/t11-,12+/m0/s1. The van der Waals surface area contributed by atoms with Gasteiger partial charge in [0.25, 0.3) is 0 Å². The molecule has 0 radical (unpaired) electrons. The summed E-state index contributed by atoms with van der Waals surface area (Å²) >= 11 is 0. The van der Waals surface area contributed by atoms with E-state index in [4.69, 9.17) is 9.66 Å². The Morgan fingerprint density at radius 3 is 2.43 bits per heavy atom. The predicted octanol–water partition coefficient (Wildman–Crippen LogP) is 2.14. The summed E-state index contributed by atoms with van der Waals surface area (Å²) in [5, 5.41) is 9.11. The van der Waals surface area contributed by atoms with Crippen LogP contribution in [0.2, 0.25) is 0 Å². The van der Waals surface area contributed by atoms with E-state index in [1.807, 2.05) is 13.8 Å². The smallest absolute Gasteiger partial charge is 0.239 e. The summed E-state index contributed by atoms with van der Waals surface area (Å²) in [6, 6.07) is 3.18. The number of hydrogen-bond donors (Lipinski definition) is 1. The first-order valence-corrected chi connectivity index (χ1v) is 8.99. The fourth-order valence-electron chi connectivity index (χ4n) is 3.00. The minimum Gasteiger partial charge on any atom is -0.339 e. The number of sulfonamides is 1. The van der Waals surface area contributed by atoms with Crippen molar-refractivity contribution in [3.8, 4) is 0 Å². The van der Waals surface area contributed by atoms with E-state index in [0.29, 0.717) is 11.7 Å². The fourth-order valence-corrected chi connectivity index (χ4v) is 3.46. The molecule has 2 atom stereocenters.